The van der Waals surface area contributed by atoms with Crippen LogP contribution in [0.25, 0.3) is 21.5 Å². The first-order valence-corrected chi connectivity index (χ1v) is 17.5. The van der Waals surface area contributed by atoms with Gasteiger partial charge in [0.05, 0.1) is 31.0 Å². The fraction of sp³-hybridized carbons (Fsp3) is 0.220. The van der Waals surface area contributed by atoms with Crippen LogP contribution in [0, 0.1) is 0 Å². The minimum atomic E-state index is -2.32. The number of nitrogens with zero attached hydrogens (tertiary/aromatic N) is 1. The number of nitrogens with one attached hydrogen (secondary N) is 1. The van der Waals surface area contributed by atoms with Gasteiger partial charge >= 0.3 is 17.9 Å². The third kappa shape index (κ3) is 5.41. The van der Waals surface area contributed by atoms with Crippen LogP contribution in [0.3, 0.4) is 0 Å². The average Bonchev–Trinajstić information content (AvgIpc) is 3.55. The molecule has 0 saturated carbocycles. The van der Waals surface area contributed by atoms with E-state index in [9.17, 15) is 14.4 Å². The number of benzene rings is 5. The molecule has 0 radical (unpaired) electrons. The molecule has 0 aromatic heterocycles. The van der Waals surface area contributed by atoms with Gasteiger partial charge in [-0.05, 0) is 77.7 Å². The first kappa shape index (κ1) is 34.1. The van der Waals surface area contributed by atoms with Crippen molar-refractivity contribution in [3.8, 4) is 0 Å². The zero-order valence-corrected chi connectivity index (χ0v) is 29.9. The lowest BCUT2D eigenvalue weighted by Crippen LogP contribution is -2.64. The van der Waals surface area contributed by atoms with Gasteiger partial charge in [0.1, 0.15) is 6.61 Å². The SMILES string of the molecule is CCOC(=O)C1(C(=O)OCC)N[C@@]2(C(=O)N(Cc3ccc(Br)cc3)c3ccccc32)C(C(=O)OCc2c3ccccc3cc3ccccc23)=C1C. The zero-order valence-electron chi connectivity index (χ0n) is 28.3. The summed E-state index contributed by atoms with van der Waals surface area (Å²) < 4.78 is 18.0. The molecule has 10 heteroatoms. The fourth-order valence-electron chi connectivity index (χ4n) is 7.40. The lowest BCUT2D eigenvalue weighted by molar-refractivity contribution is -0.164. The topological polar surface area (TPSA) is 111 Å². The summed E-state index contributed by atoms with van der Waals surface area (Å²) in [6.07, 6.45) is 0. The van der Waals surface area contributed by atoms with Gasteiger partial charge in [0, 0.05) is 15.6 Å². The second kappa shape index (κ2) is 13.4. The smallest absolute Gasteiger partial charge is 0.342 e. The van der Waals surface area contributed by atoms with Crippen LogP contribution in [0.5, 0.6) is 0 Å². The predicted octanol–water partition coefficient (Wildman–Crippen LogP) is 7.03. The van der Waals surface area contributed by atoms with Gasteiger partial charge in [-0.15, -0.1) is 0 Å². The molecule has 0 fully saturated rings. The lowest BCUT2D eigenvalue weighted by atomic mass is 9.83. The molecule has 1 atom stereocenters. The number of fused-ring (bicyclic) bond motifs is 4. The zero-order chi connectivity index (χ0) is 35.9. The van der Waals surface area contributed by atoms with Gasteiger partial charge in [0.25, 0.3) is 5.91 Å². The number of anilines is 1. The van der Waals surface area contributed by atoms with E-state index in [0.717, 1.165) is 37.1 Å². The molecule has 1 amide bonds. The summed E-state index contributed by atoms with van der Waals surface area (Å²) in [6, 6.07) is 32.3. The van der Waals surface area contributed by atoms with E-state index in [1.807, 2.05) is 72.8 Å². The Balaban J connectivity index is 1.40. The Bertz CT molecular complexity index is 2190. The second-order valence-corrected chi connectivity index (χ2v) is 13.4. The van der Waals surface area contributed by atoms with Crippen molar-refractivity contribution in [3.05, 3.63) is 135 Å². The minimum absolute atomic E-state index is 0.0270. The van der Waals surface area contributed by atoms with Crippen molar-refractivity contribution in [1.82, 2.24) is 5.32 Å². The van der Waals surface area contributed by atoms with E-state index in [-0.39, 0.29) is 37.5 Å². The van der Waals surface area contributed by atoms with Crippen LogP contribution < -0.4 is 10.2 Å². The summed E-state index contributed by atoms with van der Waals surface area (Å²) in [5.41, 5.74) is -1.98. The highest BCUT2D eigenvalue weighted by Crippen LogP contribution is 2.53. The molecule has 0 saturated heterocycles. The maximum atomic E-state index is 15.1. The summed E-state index contributed by atoms with van der Waals surface area (Å²) >= 11 is 3.46. The Kier molecular flexibility index (Phi) is 8.99. The van der Waals surface area contributed by atoms with E-state index in [1.54, 1.807) is 43.0 Å². The molecule has 1 N–H and O–H groups in total. The van der Waals surface area contributed by atoms with Crippen LogP contribution in [-0.2, 0) is 52.1 Å². The largest absolute Gasteiger partial charge is 0.464 e. The summed E-state index contributed by atoms with van der Waals surface area (Å²) in [6.45, 7) is 4.60. The molecule has 0 unspecified atom stereocenters. The molecule has 9 nitrogen and oxygen atoms in total. The van der Waals surface area contributed by atoms with Crippen LogP contribution >= 0.6 is 15.9 Å². The molecule has 2 aliphatic rings. The highest BCUT2D eigenvalue weighted by molar-refractivity contribution is 9.10. The van der Waals surface area contributed by atoms with Gasteiger partial charge in [-0.1, -0.05) is 94.8 Å². The van der Waals surface area contributed by atoms with E-state index in [2.05, 4.69) is 27.3 Å². The molecular weight excluding hydrogens is 712 g/mol. The van der Waals surface area contributed by atoms with Gasteiger partial charge in [-0.3, -0.25) is 10.1 Å². The number of hydrogen-bond donors (Lipinski definition) is 1. The first-order chi connectivity index (χ1) is 24.7. The number of hydrogen-bond acceptors (Lipinski definition) is 8. The first-order valence-electron chi connectivity index (χ1n) is 16.7. The maximum absolute atomic E-state index is 15.1. The van der Waals surface area contributed by atoms with E-state index in [0.29, 0.717) is 11.3 Å². The number of ether oxygens (including phenoxy) is 3. The van der Waals surface area contributed by atoms with E-state index < -0.39 is 34.9 Å². The molecule has 5 aromatic carbocycles. The Hall–Kier alpha value is -5.32. The summed E-state index contributed by atoms with van der Waals surface area (Å²) in [5.74, 6) is -3.38. The fourth-order valence-corrected chi connectivity index (χ4v) is 7.67. The van der Waals surface area contributed by atoms with Crippen molar-refractivity contribution < 1.29 is 33.4 Å². The Morgan fingerprint density at radius 1 is 0.765 bits per heavy atom. The molecule has 258 valence electrons. The minimum Gasteiger partial charge on any atom is -0.464 e. The van der Waals surface area contributed by atoms with Crippen LogP contribution in [0.1, 0.15) is 37.5 Å². The molecule has 7 rings (SSSR count). The molecule has 51 heavy (non-hydrogen) atoms. The van der Waals surface area contributed by atoms with Crippen molar-refractivity contribution in [2.24, 2.45) is 0 Å². The van der Waals surface area contributed by atoms with Crippen molar-refractivity contribution >= 4 is 67.0 Å². The monoisotopic (exact) mass is 746 g/mol. The Morgan fingerprint density at radius 3 is 1.94 bits per heavy atom. The third-order valence-corrected chi connectivity index (χ3v) is 10.2. The molecule has 0 bridgehead atoms. The molecule has 0 aliphatic carbocycles. The molecular formula is C41H35BrN2O7. The average molecular weight is 748 g/mol. The number of carbonyl (C=O) groups is 4. The van der Waals surface area contributed by atoms with Crippen molar-refractivity contribution in [3.63, 3.8) is 0 Å². The van der Waals surface area contributed by atoms with Gasteiger partial charge in [-0.25, -0.2) is 14.4 Å². The number of rotatable bonds is 9. The van der Waals surface area contributed by atoms with Crippen LogP contribution in [0.2, 0.25) is 0 Å². The standard InChI is InChI=1S/C41H35BrN2O7/c1-4-49-38(47)40(39(48)50-5-2)25(3)35(36(45)51-24-32-30-14-8-6-12-27(30)22-28-13-7-9-15-31(28)32)41(43-40)33-16-10-11-17-34(33)44(37(41)46)23-26-18-20-29(42)21-19-26/h6-22,43H,4-5,23-24H2,1-3H3/t41-/m1/s1. The van der Waals surface area contributed by atoms with Crippen LogP contribution in [0.4, 0.5) is 5.69 Å². The quantitative estimate of drug-likeness (QED) is 0.0742. The van der Waals surface area contributed by atoms with Crippen molar-refractivity contribution in [2.75, 3.05) is 18.1 Å². The van der Waals surface area contributed by atoms with Gasteiger partial charge < -0.3 is 19.1 Å². The molecule has 2 aliphatic heterocycles. The second-order valence-electron chi connectivity index (χ2n) is 12.5. The number of para-hydroxylation sites is 1. The summed E-state index contributed by atoms with van der Waals surface area (Å²) in [5, 5.41) is 6.86. The highest BCUT2D eigenvalue weighted by Gasteiger charge is 2.70. The number of esters is 3. The summed E-state index contributed by atoms with van der Waals surface area (Å²) in [7, 11) is 0. The predicted molar refractivity (Wildman–Crippen MR) is 197 cm³/mol. The van der Waals surface area contributed by atoms with E-state index in [1.165, 1.54) is 6.92 Å². The molecule has 5 aromatic rings. The Labute approximate surface area is 303 Å². The number of amides is 1. The Morgan fingerprint density at radius 2 is 1.33 bits per heavy atom. The van der Waals surface area contributed by atoms with E-state index >= 15 is 4.79 Å². The van der Waals surface area contributed by atoms with Crippen LogP contribution in [0.15, 0.2) is 119 Å². The van der Waals surface area contributed by atoms with Gasteiger partial charge in [0.15, 0.2) is 5.54 Å². The maximum Gasteiger partial charge on any atom is 0.342 e. The number of carbonyl (C=O) groups excluding carboxylic acids is 4. The third-order valence-electron chi connectivity index (χ3n) is 9.70. The molecule has 2 heterocycles. The van der Waals surface area contributed by atoms with Crippen LogP contribution in [-0.4, -0.2) is 42.6 Å². The summed E-state index contributed by atoms with van der Waals surface area (Å²) in [4.78, 5) is 59.4. The highest BCUT2D eigenvalue weighted by atomic mass is 79.9. The normalized spacial score (nSPS) is 17.6. The van der Waals surface area contributed by atoms with Gasteiger partial charge in [0.2, 0.25) is 5.54 Å². The van der Waals surface area contributed by atoms with Gasteiger partial charge in [-0.2, -0.15) is 0 Å². The van der Waals surface area contributed by atoms with Crippen molar-refractivity contribution in [2.45, 2.75) is 45.0 Å². The number of halogens is 1. The molecule has 1 spiro atoms. The lowest BCUT2D eigenvalue weighted by Gasteiger charge is -2.32. The van der Waals surface area contributed by atoms with E-state index in [4.69, 9.17) is 14.2 Å². The van der Waals surface area contributed by atoms with Crippen molar-refractivity contribution in [1.29, 1.82) is 0 Å².